The lowest BCUT2D eigenvalue weighted by Crippen LogP contribution is -2.35. The molecule has 0 aliphatic heterocycles. The highest BCUT2D eigenvalue weighted by molar-refractivity contribution is 7.58. The third kappa shape index (κ3) is 8.47. The summed E-state index contributed by atoms with van der Waals surface area (Å²) in [6.45, 7) is 9.19. The summed E-state index contributed by atoms with van der Waals surface area (Å²) >= 11 is 0. The summed E-state index contributed by atoms with van der Waals surface area (Å²) in [7, 11) is -0.500. The second kappa shape index (κ2) is 13.7. The van der Waals surface area contributed by atoms with Crippen LogP contribution in [0.5, 0.6) is 0 Å². The molecule has 6 nitrogen and oxygen atoms in total. The molecular weight excluding hydrogens is 305 g/mol. The average Bonchev–Trinajstić information content (AvgIpc) is 2.50. The fourth-order valence-electron chi connectivity index (χ4n) is 1.75. The van der Waals surface area contributed by atoms with Crippen LogP contribution in [0.2, 0.25) is 0 Å². The molecule has 0 aliphatic carbocycles. The minimum absolute atomic E-state index is 0.195. The van der Waals surface area contributed by atoms with Gasteiger partial charge < -0.3 is 19.5 Å². The Balaban J connectivity index is 4.65. The van der Waals surface area contributed by atoms with Crippen molar-refractivity contribution in [2.45, 2.75) is 39.8 Å². The molecule has 128 valence electrons. The molecule has 0 aromatic rings. The smallest absolute Gasteiger partial charge is 0.332 e. The minimum Gasteiger partial charge on any atom is -0.464 e. The van der Waals surface area contributed by atoms with Crippen molar-refractivity contribution in [1.29, 1.82) is 0 Å². The number of nitrogens with one attached hydrogen (secondary N) is 1. The number of amides is 1. The molecule has 0 fully saturated rings. The van der Waals surface area contributed by atoms with Gasteiger partial charge in [0.25, 0.3) is 0 Å². The minimum atomic E-state index is -0.746. The number of carbonyl (C=O) groups is 2. The van der Waals surface area contributed by atoms with Gasteiger partial charge in [-0.1, -0.05) is 19.1 Å². The standard InChI is InChI=1S/C15H28NO5P/c1-5-19-14(18)13(16-12-17)10-9-11-22(8-4)15(20-6-2)21-7-3/h9-10,12-13,15H,5-8,11H2,1-4H3,(H,16,17)/b10-9+. The highest BCUT2D eigenvalue weighted by Crippen LogP contribution is 2.42. The van der Waals surface area contributed by atoms with Crippen LogP contribution in [-0.4, -0.2) is 56.6 Å². The first-order chi connectivity index (χ1) is 10.6. The van der Waals surface area contributed by atoms with Gasteiger partial charge in [0.05, 0.1) is 6.61 Å². The number of carbonyl (C=O) groups excluding carboxylic acids is 2. The molecule has 1 N–H and O–H groups in total. The number of rotatable bonds is 13. The molecule has 0 radical (unpaired) electrons. The van der Waals surface area contributed by atoms with Crippen LogP contribution in [-0.2, 0) is 23.8 Å². The lowest BCUT2D eigenvalue weighted by molar-refractivity contribution is -0.145. The Bertz CT molecular complexity index is 332. The summed E-state index contributed by atoms with van der Waals surface area (Å²) < 4.78 is 16.2. The van der Waals surface area contributed by atoms with Crippen LogP contribution >= 0.6 is 7.92 Å². The Kier molecular flexibility index (Phi) is 13.1. The van der Waals surface area contributed by atoms with Gasteiger partial charge in [-0.05, 0) is 41.0 Å². The van der Waals surface area contributed by atoms with Crippen molar-refractivity contribution in [3.8, 4) is 0 Å². The SMILES string of the molecule is CCOC(=O)C(/C=C/CP(CC)C(OCC)OCC)NC=O. The zero-order chi connectivity index (χ0) is 16.8. The largest absolute Gasteiger partial charge is 0.464 e. The lowest BCUT2D eigenvalue weighted by atomic mass is 10.3. The van der Waals surface area contributed by atoms with Crippen LogP contribution < -0.4 is 5.32 Å². The second-order valence-electron chi connectivity index (χ2n) is 4.25. The second-order valence-corrected chi connectivity index (χ2v) is 6.84. The van der Waals surface area contributed by atoms with Crippen molar-refractivity contribution >= 4 is 20.3 Å². The molecule has 0 aromatic carbocycles. The summed E-state index contributed by atoms with van der Waals surface area (Å²) in [6, 6.07) is -0.941. The van der Waals surface area contributed by atoms with E-state index in [1.807, 2.05) is 19.9 Å². The van der Waals surface area contributed by atoms with E-state index in [-0.39, 0.29) is 12.6 Å². The predicted molar refractivity (Wildman–Crippen MR) is 88.1 cm³/mol. The fourth-order valence-corrected chi connectivity index (χ4v) is 3.59. The van der Waals surface area contributed by atoms with Crippen LogP contribution in [0.25, 0.3) is 0 Å². The van der Waals surface area contributed by atoms with Gasteiger partial charge in [0.15, 0.2) is 6.03 Å². The highest BCUT2D eigenvalue weighted by Gasteiger charge is 2.20. The van der Waals surface area contributed by atoms with Gasteiger partial charge in [0, 0.05) is 13.2 Å². The Morgan fingerprint density at radius 3 is 2.23 bits per heavy atom. The molecule has 22 heavy (non-hydrogen) atoms. The monoisotopic (exact) mass is 333 g/mol. The average molecular weight is 333 g/mol. The third-order valence-corrected chi connectivity index (χ3v) is 5.17. The molecular formula is C15H28NO5P. The first-order valence-electron chi connectivity index (χ1n) is 7.64. The van der Waals surface area contributed by atoms with E-state index >= 15 is 0 Å². The molecule has 2 unspecified atom stereocenters. The summed E-state index contributed by atoms with van der Waals surface area (Å²) in [5, 5.41) is 2.44. The van der Waals surface area contributed by atoms with Crippen molar-refractivity contribution in [3.63, 3.8) is 0 Å². The normalized spacial score (nSPS) is 14.0. The van der Waals surface area contributed by atoms with E-state index in [1.165, 1.54) is 0 Å². The van der Waals surface area contributed by atoms with Crippen LogP contribution in [0.1, 0.15) is 27.7 Å². The van der Waals surface area contributed by atoms with Gasteiger partial charge >= 0.3 is 5.97 Å². The third-order valence-electron chi connectivity index (χ3n) is 2.78. The van der Waals surface area contributed by atoms with Gasteiger partial charge in [0.1, 0.15) is 6.04 Å². The molecule has 0 saturated heterocycles. The summed E-state index contributed by atoms with van der Waals surface area (Å²) in [5.41, 5.74) is 0. The maximum absolute atomic E-state index is 11.7. The number of esters is 1. The zero-order valence-electron chi connectivity index (χ0n) is 13.9. The van der Waals surface area contributed by atoms with Crippen LogP contribution in [0, 0.1) is 0 Å². The molecule has 0 aromatic heterocycles. The molecule has 7 heteroatoms. The number of hydrogen-bond acceptors (Lipinski definition) is 5. The molecule has 0 saturated carbocycles. The summed E-state index contributed by atoms with van der Waals surface area (Å²) in [4.78, 5) is 22.2. The van der Waals surface area contributed by atoms with Crippen molar-refractivity contribution < 1.29 is 23.8 Å². The van der Waals surface area contributed by atoms with Crippen LogP contribution in [0.4, 0.5) is 0 Å². The molecule has 0 spiro atoms. The van der Waals surface area contributed by atoms with Crippen molar-refractivity contribution in [3.05, 3.63) is 12.2 Å². The predicted octanol–water partition coefficient (Wildman–Crippen LogP) is 2.08. The summed E-state index contributed by atoms with van der Waals surface area (Å²) in [6.07, 6.45) is 5.75. The van der Waals surface area contributed by atoms with Crippen molar-refractivity contribution in [2.24, 2.45) is 0 Å². The maximum Gasteiger partial charge on any atom is 0.332 e. The quantitative estimate of drug-likeness (QED) is 0.184. The van der Waals surface area contributed by atoms with Gasteiger partial charge in [0.2, 0.25) is 6.41 Å². The zero-order valence-corrected chi connectivity index (χ0v) is 14.8. The summed E-state index contributed by atoms with van der Waals surface area (Å²) in [5.74, 6) is -0.460. The topological polar surface area (TPSA) is 73.9 Å². The molecule has 0 heterocycles. The number of ether oxygens (including phenoxy) is 3. The van der Waals surface area contributed by atoms with E-state index in [9.17, 15) is 9.59 Å². The first kappa shape index (κ1) is 21.0. The number of allylic oxidation sites excluding steroid dienone is 1. The van der Waals surface area contributed by atoms with Crippen molar-refractivity contribution in [2.75, 3.05) is 32.1 Å². The Hall–Kier alpha value is -0.970. The van der Waals surface area contributed by atoms with Gasteiger partial charge in [-0.25, -0.2) is 4.79 Å². The Labute approximate surface area is 134 Å². The molecule has 0 rings (SSSR count). The van der Waals surface area contributed by atoms with E-state index in [1.54, 1.807) is 13.0 Å². The molecule has 2 atom stereocenters. The molecule has 0 bridgehead atoms. The molecule has 1 amide bonds. The Morgan fingerprint density at radius 2 is 1.77 bits per heavy atom. The van der Waals surface area contributed by atoms with Crippen LogP contribution in [0.15, 0.2) is 12.2 Å². The van der Waals surface area contributed by atoms with Gasteiger partial charge in [-0.15, -0.1) is 0 Å². The van der Waals surface area contributed by atoms with Crippen molar-refractivity contribution in [1.82, 2.24) is 5.32 Å². The maximum atomic E-state index is 11.7. The fraction of sp³-hybridized carbons (Fsp3) is 0.733. The Morgan fingerprint density at radius 1 is 1.14 bits per heavy atom. The lowest BCUT2D eigenvalue weighted by Gasteiger charge is -2.25. The van der Waals surface area contributed by atoms with E-state index in [0.717, 1.165) is 12.3 Å². The van der Waals surface area contributed by atoms with Gasteiger partial charge in [-0.3, -0.25) is 4.79 Å². The van der Waals surface area contributed by atoms with E-state index in [2.05, 4.69) is 12.2 Å². The molecule has 0 aliphatic rings. The first-order valence-corrected chi connectivity index (χ1v) is 9.42. The van der Waals surface area contributed by atoms with E-state index < -0.39 is 19.9 Å². The van der Waals surface area contributed by atoms with E-state index in [0.29, 0.717) is 19.6 Å². The highest BCUT2D eigenvalue weighted by atomic mass is 31.1. The van der Waals surface area contributed by atoms with Crippen LogP contribution in [0.3, 0.4) is 0 Å². The number of hydrogen-bond donors (Lipinski definition) is 1. The van der Waals surface area contributed by atoms with Gasteiger partial charge in [-0.2, -0.15) is 0 Å². The van der Waals surface area contributed by atoms with E-state index in [4.69, 9.17) is 14.2 Å².